The summed E-state index contributed by atoms with van der Waals surface area (Å²) in [4.78, 5) is 11.7. The van der Waals surface area contributed by atoms with Crippen LogP contribution in [0.2, 0.25) is 0 Å². The zero-order valence-corrected chi connectivity index (χ0v) is 13.1. The number of anilines is 1. The van der Waals surface area contributed by atoms with Crippen molar-refractivity contribution in [3.8, 4) is 0 Å². The zero-order valence-electron chi connectivity index (χ0n) is 11.5. The predicted octanol–water partition coefficient (Wildman–Crippen LogP) is 3.24. The summed E-state index contributed by atoms with van der Waals surface area (Å²) >= 11 is 3.58. The van der Waals surface area contributed by atoms with E-state index in [0.717, 1.165) is 17.4 Å². The molecule has 0 fully saturated rings. The number of fused-ring (bicyclic) bond motifs is 1. The molecule has 0 saturated heterocycles. The number of aryl methyl sites for hydroxylation is 2. The lowest BCUT2D eigenvalue weighted by atomic mass is 10.2. The summed E-state index contributed by atoms with van der Waals surface area (Å²) in [6.45, 7) is 1.52. The lowest BCUT2D eigenvalue weighted by Crippen LogP contribution is -2.19. The highest BCUT2D eigenvalue weighted by atomic mass is 79.9. The van der Waals surface area contributed by atoms with Crippen molar-refractivity contribution in [2.75, 3.05) is 5.73 Å². The van der Waals surface area contributed by atoms with Crippen LogP contribution in [0.1, 0.15) is 6.42 Å². The van der Waals surface area contributed by atoms with Crippen molar-refractivity contribution in [1.82, 2.24) is 9.13 Å². The molecule has 108 valence electrons. The topological polar surface area (TPSA) is 53.0 Å². The van der Waals surface area contributed by atoms with Crippen LogP contribution in [-0.2, 0) is 13.1 Å². The molecule has 0 atom stereocenters. The molecule has 0 spiro atoms. The SMILES string of the molecule is Nc1ccc(=O)n(CCCn2cc(Br)c3ccccc32)c1. The summed E-state index contributed by atoms with van der Waals surface area (Å²) in [6, 6.07) is 11.4. The largest absolute Gasteiger partial charge is 0.398 e. The number of hydrogen-bond acceptors (Lipinski definition) is 2. The van der Waals surface area contributed by atoms with Crippen LogP contribution in [0.5, 0.6) is 0 Å². The van der Waals surface area contributed by atoms with Gasteiger partial charge in [0.1, 0.15) is 0 Å². The Hall–Kier alpha value is -2.01. The Morgan fingerprint density at radius 1 is 1.00 bits per heavy atom. The quantitative estimate of drug-likeness (QED) is 0.789. The Labute approximate surface area is 130 Å². The van der Waals surface area contributed by atoms with Gasteiger partial charge >= 0.3 is 0 Å². The van der Waals surface area contributed by atoms with Crippen molar-refractivity contribution in [1.29, 1.82) is 0 Å². The van der Waals surface area contributed by atoms with Gasteiger partial charge in [-0.2, -0.15) is 0 Å². The molecular formula is C16H16BrN3O. The van der Waals surface area contributed by atoms with Crippen LogP contribution >= 0.6 is 15.9 Å². The predicted molar refractivity (Wildman–Crippen MR) is 89.4 cm³/mol. The van der Waals surface area contributed by atoms with Gasteiger partial charge in [-0.15, -0.1) is 0 Å². The highest BCUT2D eigenvalue weighted by Crippen LogP contribution is 2.26. The van der Waals surface area contributed by atoms with E-state index in [1.165, 1.54) is 17.0 Å². The molecule has 3 rings (SSSR count). The van der Waals surface area contributed by atoms with Crippen molar-refractivity contribution >= 4 is 32.5 Å². The fourth-order valence-corrected chi connectivity index (χ4v) is 3.11. The molecule has 21 heavy (non-hydrogen) atoms. The number of halogens is 1. The van der Waals surface area contributed by atoms with Gasteiger partial charge in [-0.1, -0.05) is 18.2 Å². The molecule has 0 unspecified atom stereocenters. The summed E-state index contributed by atoms with van der Waals surface area (Å²) < 4.78 is 4.96. The molecule has 3 aromatic rings. The van der Waals surface area contributed by atoms with Crippen LogP contribution in [0.3, 0.4) is 0 Å². The normalized spacial score (nSPS) is 11.1. The number of pyridine rings is 1. The summed E-state index contributed by atoms with van der Waals surface area (Å²) in [6.07, 6.45) is 4.66. The van der Waals surface area contributed by atoms with E-state index in [2.05, 4.69) is 38.8 Å². The lowest BCUT2D eigenvalue weighted by Gasteiger charge is -2.08. The molecule has 2 aromatic heterocycles. The van der Waals surface area contributed by atoms with Crippen LogP contribution in [-0.4, -0.2) is 9.13 Å². The van der Waals surface area contributed by atoms with E-state index in [-0.39, 0.29) is 5.56 Å². The molecule has 0 aliphatic rings. The van der Waals surface area contributed by atoms with Crippen LogP contribution in [0.4, 0.5) is 5.69 Å². The standard InChI is InChI=1S/C16H16BrN3O/c17-14-11-19(15-5-2-1-4-13(14)15)8-3-9-20-10-12(18)6-7-16(20)21/h1-2,4-7,10-11H,3,8-9,18H2. The molecule has 0 bridgehead atoms. The second-order valence-electron chi connectivity index (χ2n) is 5.04. The number of rotatable bonds is 4. The van der Waals surface area contributed by atoms with E-state index in [0.29, 0.717) is 12.2 Å². The third-order valence-corrected chi connectivity index (χ3v) is 4.18. The van der Waals surface area contributed by atoms with Gasteiger partial charge < -0.3 is 14.9 Å². The lowest BCUT2D eigenvalue weighted by molar-refractivity contribution is 0.562. The Morgan fingerprint density at radius 2 is 1.76 bits per heavy atom. The Balaban J connectivity index is 1.75. The summed E-state index contributed by atoms with van der Waals surface area (Å²) in [5.74, 6) is 0. The molecule has 0 aliphatic heterocycles. The van der Waals surface area contributed by atoms with E-state index >= 15 is 0 Å². The molecule has 5 heteroatoms. The summed E-state index contributed by atoms with van der Waals surface area (Å²) in [5.41, 5.74) is 7.52. The van der Waals surface area contributed by atoms with Crippen LogP contribution < -0.4 is 11.3 Å². The highest BCUT2D eigenvalue weighted by molar-refractivity contribution is 9.10. The van der Waals surface area contributed by atoms with Crippen molar-refractivity contribution < 1.29 is 0 Å². The first-order chi connectivity index (χ1) is 10.1. The maximum atomic E-state index is 11.7. The number of aromatic nitrogens is 2. The number of nitrogens with two attached hydrogens (primary N) is 1. The third-order valence-electron chi connectivity index (χ3n) is 3.54. The van der Waals surface area contributed by atoms with Gasteiger partial charge in [0.15, 0.2) is 0 Å². The minimum Gasteiger partial charge on any atom is -0.398 e. The van der Waals surface area contributed by atoms with Crippen molar-refractivity contribution in [3.05, 3.63) is 63.6 Å². The summed E-state index contributed by atoms with van der Waals surface area (Å²) in [5, 5.41) is 1.21. The minimum atomic E-state index is -0.0113. The first-order valence-corrected chi connectivity index (χ1v) is 7.64. The monoisotopic (exact) mass is 345 g/mol. The first kappa shape index (κ1) is 13.9. The second kappa shape index (κ2) is 5.77. The number of benzene rings is 1. The maximum Gasteiger partial charge on any atom is 0.250 e. The van der Waals surface area contributed by atoms with Gasteiger partial charge in [0.25, 0.3) is 5.56 Å². The van der Waals surface area contributed by atoms with Gasteiger partial charge in [-0.25, -0.2) is 0 Å². The molecule has 0 amide bonds. The van der Waals surface area contributed by atoms with Gasteiger partial charge in [0, 0.05) is 52.6 Å². The van der Waals surface area contributed by atoms with E-state index in [1.54, 1.807) is 16.8 Å². The van der Waals surface area contributed by atoms with E-state index in [9.17, 15) is 4.79 Å². The molecular weight excluding hydrogens is 330 g/mol. The van der Waals surface area contributed by atoms with E-state index in [1.807, 2.05) is 12.1 Å². The van der Waals surface area contributed by atoms with E-state index < -0.39 is 0 Å². The molecule has 0 aliphatic carbocycles. The molecule has 2 heterocycles. The van der Waals surface area contributed by atoms with Crippen molar-refractivity contribution in [3.63, 3.8) is 0 Å². The molecule has 0 radical (unpaired) electrons. The Bertz CT molecular complexity index is 835. The third kappa shape index (κ3) is 2.88. The zero-order chi connectivity index (χ0) is 14.8. The smallest absolute Gasteiger partial charge is 0.250 e. The molecule has 1 aromatic carbocycles. The van der Waals surface area contributed by atoms with Crippen molar-refractivity contribution in [2.24, 2.45) is 0 Å². The maximum absolute atomic E-state index is 11.7. The Morgan fingerprint density at radius 3 is 2.62 bits per heavy atom. The van der Waals surface area contributed by atoms with Crippen LogP contribution in [0, 0.1) is 0 Å². The highest BCUT2D eigenvalue weighted by Gasteiger charge is 2.05. The molecule has 0 saturated carbocycles. The molecule has 2 N–H and O–H groups in total. The minimum absolute atomic E-state index is 0.0113. The average molecular weight is 346 g/mol. The van der Waals surface area contributed by atoms with Crippen LogP contribution in [0.25, 0.3) is 10.9 Å². The summed E-state index contributed by atoms with van der Waals surface area (Å²) in [7, 11) is 0. The number of para-hydroxylation sites is 1. The number of hydrogen-bond donors (Lipinski definition) is 1. The molecule has 4 nitrogen and oxygen atoms in total. The van der Waals surface area contributed by atoms with Gasteiger partial charge in [0.05, 0.1) is 0 Å². The number of nitrogens with zero attached hydrogens (tertiary/aromatic N) is 2. The Kier molecular flexibility index (Phi) is 3.84. The number of nitrogen functional groups attached to an aromatic ring is 1. The van der Waals surface area contributed by atoms with Gasteiger partial charge in [-0.05, 0) is 34.5 Å². The fraction of sp³-hybridized carbons (Fsp3) is 0.188. The second-order valence-corrected chi connectivity index (χ2v) is 5.89. The van der Waals surface area contributed by atoms with Crippen molar-refractivity contribution in [2.45, 2.75) is 19.5 Å². The average Bonchev–Trinajstić information content (AvgIpc) is 2.80. The first-order valence-electron chi connectivity index (χ1n) is 6.84. The van der Waals surface area contributed by atoms with E-state index in [4.69, 9.17) is 5.73 Å². The van der Waals surface area contributed by atoms with Gasteiger partial charge in [-0.3, -0.25) is 4.79 Å². The van der Waals surface area contributed by atoms with Gasteiger partial charge in [0.2, 0.25) is 0 Å². The van der Waals surface area contributed by atoms with Crippen LogP contribution in [0.15, 0.2) is 58.1 Å². The fourth-order valence-electron chi connectivity index (χ4n) is 2.52.